The molecule has 3 nitrogen and oxygen atoms in total. The summed E-state index contributed by atoms with van der Waals surface area (Å²) in [6.07, 6.45) is 5.10. The van der Waals surface area contributed by atoms with Crippen LogP contribution in [-0.4, -0.2) is 16.1 Å². The Morgan fingerprint density at radius 3 is 2.69 bits per heavy atom. The molecule has 0 aliphatic heterocycles. The normalized spacial score (nSPS) is 11.7. The van der Waals surface area contributed by atoms with Crippen molar-refractivity contribution in [1.29, 1.82) is 0 Å². The average molecular weight is 343 g/mol. The number of benzene rings is 2. The van der Waals surface area contributed by atoms with E-state index in [0.717, 1.165) is 18.5 Å². The van der Waals surface area contributed by atoms with Crippen LogP contribution in [0.4, 0.5) is 0 Å². The van der Waals surface area contributed by atoms with Crippen LogP contribution in [0.5, 0.6) is 0 Å². The largest absolute Gasteiger partial charge is 0.347 e. The molecule has 0 fully saturated rings. The molecule has 26 heavy (non-hydrogen) atoms. The van der Waals surface area contributed by atoms with Gasteiger partial charge in [-0.1, -0.05) is 44.2 Å². The maximum absolute atomic E-state index is 5.83. The Labute approximate surface area is 154 Å². The second-order valence-corrected chi connectivity index (χ2v) is 7.35. The van der Waals surface area contributed by atoms with Gasteiger partial charge in [0.15, 0.2) is 0 Å². The number of aromatic nitrogens is 2. The number of nitrogens with two attached hydrogens (primary N) is 1. The summed E-state index contributed by atoms with van der Waals surface area (Å²) >= 11 is 0. The lowest BCUT2D eigenvalue weighted by molar-refractivity contribution is 0.534. The molecule has 0 aliphatic rings. The maximum atomic E-state index is 5.83. The molecule has 2 heterocycles. The third kappa shape index (κ3) is 2.99. The summed E-state index contributed by atoms with van der Waals surface area (Å²) in [5.41, 5.74) is 12.0. The van der Waals surface area contributed by atoms with Gasteiger partial charge in [-0.3, -0.25) is 4.98 Å². The van der Waals surface area contributed by atoms with Gasteiger partial charge in [-0.25, -0.2) is 0 Å². The number of para-hydroxylation sites is 1. The molecule has 0 saturated carbocycles. The molecule has 4 aromatic rings. The Bertz CT molecular complexity index is 1050. The topological polar surface area (TPSA) is 43.8 Å². The van der Waals surface area contributed by atoms with Gasteiger partial charge < -0.3 is 10.3 Å². The van der Waals surface area contributed by atoms with Crippen LogP contribution < -0.4 is 5.73 Å². The lowest BCUT2D eigenvalue weighted by Crippen LogP contribution is -2.04. The molecule has 0 amide bonds. The summed E-state index contributed by atoms with van der Waals surface area (Å²) in [5.74, 6) is 0.599. The summed E-state index contributed by atoms with van der Waals surface area (Å²) in [6.45, 7) is 6.21. The Morgan fingerprint density at radius 2 is 1.88 bits per heavy atom. The van der Waals surface area contributed by atoms with Crippen molar-refractivity contribution in [3.8, 4) is 11.1 Å². The van der Waals surface area contributed by atoms with E-state index in [1.807, 2.05) is 12.3 Å². The number of hydrogen-bond donors (Lipinski definition) is 1. The highest BCUT2D eigenvalue weighted by molar-refractivity contribution is 5.97. The molecule has 2 N–H and O–H groups in total. The Balaban J connectivity index is 1.91. The first-order chi connectivity index (χ1) is 12.7. The quantitative estimate of drug-likeness (QED) is 0.553. The van der Waals surface area contributed by atoms with Crippen molar-refractivity contribution in [1.82, 2.24) is 9.55 Å². The standard InChI is InChI=1S/C23H25N3/c1-16(2)14-26-15-18(9-11-24)20-8-7-17(13-23(20)26)19-10-12-25-22-6-4-3-5-21(19)22/h3-8,10,12-13,15-16H,9,11,14,24H2,1-2H3. The second-order valence-electron chi connectivity index (χ2n) is 7.35. The van der Waals surface area contributed by atoms with E-state index in [2.05, 4.69) is 72.1 Å². The zero-order valence-corrected chi connectivity index (χ0v) is 15.4. The molecule has 0 aliphatic carbocycles. The van der Waals surface area contributed by atoms with Crippen LogP contribution in [0.1, 0.15) is 19.4 Å². The van der Waals surface area contributed by atoms with Gasteiger partial charge in [0.05, 0.1) is 5.52 Å². The van der Waals surface area contributed by atoms with E-state index in [1.54, 1.807) is 0 Å². The molecule has 0 radical (unpaired) electrons. The highest BCUT2D eigenvalue weighted by atomic mass is 15.0. The first kappa shape index (κ1) is 16.8. The van der Waals surface area contributed by atoms with Crippen LogP contribution in [-0.2, 0) is 13.0 Å². The number of rotatable bonds is 5. The minimum Gasteiger partial charge on any atom is -0.347 e. The van der Waals surface area contributed by atoms with Gasteiger partial charge in [0.2, 0.25) is 0 Å². The number of hydrogen-bond acceptors (Lipinski definition) is 2. The van der Waals surface area contributed by atoms with Crippen LogP contribution >= 0.6 is 0 Å². The molecule has 3 heteroatoms. The average Bonchev–Trinajstić information content (AvgIpc) is 2.98. The van der Waals surface area contributed by atoms with E-state index in [4.69, 9.17) is 5.73 Å². The highest BCUT2D eigenvalue weighted by Gasteiger charge is 2.12. The summed E-state index contributed by atoms with van der Waals surface area (Å²) < 4.78 is 2.39. The first-order valence-electron chi connectivity index (χ1n) is 9.33. The Morgan fingerprint density at radius 1 is 1.04 bits per heavy atom. The summed E-state index contributed by atoms with van der Waals surface area (Å²) in [6, 6.07) is 17.2. The number of fused-ring (bicyclic) bond motifs is 2. The van der Waals surface area contributed by atoms with Crippen LogP contribution in [0.3, 0.4) is 0 Å². The van der Waals surface area contributed by atoms with Gasteiger partial charge in [0.1, 0.15) is 0 Å². The Hall–Kier alpha value is -2.65. The zero-order chi connectivity index (χ0) is 18.1. The third-order valence-electron chi connectivity index (χ3n) is 4.90. The zero-order valence-electron chi connectivity index (χ0n) is 15.4. The number of nitrogens with zero attached hydrogens (tertiary/aromatic N) is 2. The van der Waals surface area contributed by atoms with Crippen LogP contribution in [0, 0.1) is 5.92 Å². The van der Waals surface area contributed by atoms with Crippen LogP contribution in [0.2, 0.25) is 0 Å². The van der Waals surface area contributed by atoms with E-state index >= 15 is 0 Å². The van der Waals surface area contributed by atoms with Crippen molar-refractivity contribution in [2.24, 2.45) is 11.7 Å². The lowest BCUT2D eigenvalue weighted by Gasteiger charge is -2.10. The Kier molecular flexibility index (Phi) is 4.48. The molecule has 0 atom stereocenters. The monoisotopic (exact) mass is 343 g/mol. The maximum Gasteiger partial charge on any atom is 0.0708 e. The van der Waals surface area contributed by atoms with Gasteiger partial charge in [-0.2, -0.15) is 0 Å². The predicted octanol–water partition coefficient (Wildman–Crippen LogP) is 5.01. The predicted molar refractivity (Wildman–Crippen MR) is 110 cm³/mol. The first-order valence-corrected chi connectivity index (χ1v) is 9.33. The molecule has 0 unspecified atom stereocenters. The lowest BCUT2D eigenvalue weighted by atomic mass is 9.99. The van der Waals surface area contributed by atoms with Crippen molar-refractivity contribution in [2.75, 3.05) is 6.54 Å². The van der Waals surface area contributed by atoms with Crippen molar-refractivity contribution in [3.05, 3.63) is 66.5 Å². The van der Waals surface area contributed by atoms with E-state index < -0.39 is 0 Å². The fourth-order valence-electron chi connectivity index (χ4n) is 3.78. The molecular formula is C23H25N3. The molecule has 2 aromatic heterocycles. The summed E-state index contributed by atoms with van der Waals surface area (Å²) in [4.78, 5) is 4.50. The van der Waals surface area contributed by atoms with Crippen LogP contribution in [0.15, 0.2) is 60.9 Å². The van der Waals surface area contributed by atoms with Gasteiger partial charge in [0, 0.05) is 35.2 Å². The molecule has 4 rings (SSSR count). The fourth-order valence-corrected chi connectivity index (χ4v) is 3.78. The third-order valence-corrected chi connectivity index (χ3v) is 4.90. The fraction of sp³-hybridized carbons (Fsp3) is 0.261. The van der Waals surface area contributed by atoms with Crippen molar-refractivity contribution in [3.63, 3.8) is 0 Å². The van der Waals surface area contributed by atoms with Crippen molar-refractivity contribution >= 4 is 21.8 Å². The van der Waals surface area contributed by atoms with E-state index in [1.165, 1.54) is 33.0 Å². The van der Waals surface area contributed by atoms with Gasteiger partial charge in [0.25, 0.3) is 0 Å². The van der Waals surface area contributed by atoms with Gasteiger partial charge >= 0.3 is 0 Å². The molecule has 132 valence electrons. The SMILES string of the molecule is CC(C)Cn1cc(CCN)c2ccc(-c3ccnc4ccccc34)cc21. The van der Waals surface area contributed by atoms with E-state index in [0.29, 0.717) is 12.5 Å². The molecule has 2 aromatic carbocycles. The van der Waals surface area contributed by atoms with Gasteiger partial charge in [-0.15, -0.1) is 0 Å². The minimum atomic E-state index is 0.599. The molecule has 0 saturated heterocycles. The molecule has 0 spiro atoms. The van der Waals surface area contributed by atoms with E-state index in [-0.39, 0.29) is 0 Å². The minimum absolute atomic E-state index is 0.599. The van der Waals surface area contributed by atoms with Crippen LogP contribution in [0.25, 0.3) is 32.9 Å². The smallest absolute Gasteiger partial charge is 0.0708 e. The number of pyridine rings is 1. The summed E-state index contributed by atoms with van der Waals surface area (Å²) in [7, 11) is 0. The molecule has 0 bridgehead atoms. The summed E-state index contributed by atoms with van der Waals surface area (Å²) in [5, 5.41) is 2.51. The second kappa shape index (κ2) is 6.93. The van der Waals surface area contributed by atoms with E-state index in [9.17, 15) is 0 Å². The van der Waals surface area contributed by atoms with Gasteiger partial charge in [-0.05, 0) is 53.8 Å². The highest BCUT2D eigenvalue weighted by Crippen LogP contribution is 2.32. The van der Waals surface area contributed by atoms with Crippen molar-refractivity contribution < 1.29 is 0 Å². The molecular weight excluding hydrogens is 318 g/mol. The van der Waals surface area contributed by atoms with Crippen molar-refractivity contribution in [2.45, 2.75) is 26.8 Å².